The summed E-state index contributed by atoms with van der Waals surface area (Å²) in [5.41, 5.74) is 14.4. The maximum Gasteiger partial charge on any atom is 0.416 e. The summed E-state index contributed by atoms with van der Waals surface area (Å²) in [6.45, 7) is 6.08. The second-order valence-electron chi connectivity index (χ2n) is 23.9. The van der Waals surface area contributed by atoms with Crippen LogP contribution in [0.2, 0.25) is 0 Å². The zero-order valence-electron chi connectivity index (χ0n) is 49.7. The van der Waals surface area contributed by atoms with E-state index in [1.807, 2.05) is 129 Å². The first kappa shape index (κ1) is 55.7. The molecule has 0 saturated carbocycles. The Morgan fingerprint density at radius 2 is 0.696 bits per heavy atom. The van der Waals surface area contributed by atoms with Gasteiger partial charge in [0, 0.05) is 54.2 Å². The molecular weight excluding hydrogens is 1160 g/mol. The van der Waals surface area contributed by atoms with E-state index in [9.17, 15) is 36.9 Å². The minimum Gasteiger partial charge on any atom is -0.308 e. The van der Waals surface area contributed by atoms with E-state index in [4.69, 9.17) is 0 Å². The lowest BCUT2D eigenvalue weighted by Crippen LogP contribution is -2.07. The molecule has 6 nitrogen and oxygen atoms in total. The Labute approximate surface area is 523 Å². The highest BCUT2D eigenvalue weighted by Crippen LogP contribution is 2.48. The molecule has 0 bridgehead atoms. The fraction of sp³-hybridized carbons (Fsp3) is 0.0750. The van der Waals surface area contributed by atoms with E-state index in [-0.39, 0.29) is 0 Å². The highest BCUT2D eigenvalue weighted by Gasteiger charge is 2.34. The quantitative estimate of drug-likeness (QED) is 0.142. The molecule has 16 rings (SSSR count). The molecule has 0 unspecified atom stereocenters. The molecule has 442 valence electrons. The minimum absolute atomic E-state index is 0.321. The van der Waals surface area contributed by atoms with Crippen molar-refractivity contribution in [1.82, 2.24) is 18.3 Å². The molecule has 0 aliphatic heterocycles. The Balaban J connectivity index is 0.893. The van der Waals surface area contributed by atoms with Crippen LogP contribution < -0.4 is 0 Å². The van der Waals surface area contributed by atoms with Gasteiger partial charge >= 0.3 is 12.4 Å². The maximum atomic E-state index is 14.9. The van der Waals surface area contributed by atoms with Gasteiger partial charge in [-0.25, -0.2) is 0 Å². The average Bonchev–Trinajstić information content (AvgIpc) is 1.57. The first-order chi connectivity index (χ1) is 44.5. The standard InChI is InChI=1S/C80H50F6N6/c1-46-27-30-69-62(32-46)58-19-5-9-23-66(58)89(69)73-37-50(44-87)38-74(77(73)52-14-12-16-55(41-52)79(81,82)83)90-67-24-10-6-20-59(67)63-36-49(28-31-70(63)90)35-54-43-64-60-21-7-11-25-68(60)92(72(64)34-48(54)3)76-40-51(45-88)39-75(78(76)53-15-13-17-56(42-53)80(84,85)86)91-65-22-8-4-18-57(65)61-29-26-47(2)33-71(61)91/h4-34,36-43H,35H2,1-3H3. The van der Waals surface area contributed by atoms with E-state index in [0.29, 0.717) is 62.6 Å². The Morgan fingerprint density at radius 1 is 0.326 bits per heavy atom. The predicted octanol–water partition coefficient (Wildman–Crippen LogP) is 21.7. The van der Waals surface area contributed by atoms with Gasteiger partial charge in [-0.3, -0.25) is 0 Å². The smallest absolute Gasteiger partial charge is 0.308 e. The fourth-order valence-corrected chi connectivity index (χ4v) is 14.3. The Morgan fingerprint density at radius 3 is 1.16 bits per heavy atom. The number of fused-ring (bicyclic) bond motifs is 12. The van der Waals surface area contributed by atoms with Gasteiger partial charge in [0.2, 0.25) is 0 Å². The van der Waals surface area contributed by atoms with Crippen LogP contribution in [0.1, 0.15) is 50.1 Å². The number of halogens is 6. The first-order valence-corrected chi connectivity index (χ1v) is 30.1. The van der Waals surface area contributed by atoms with Crippen molar-refractivity contribution in [3.05, 3.63) is 287 Å². The van der Waals surface area contributed by atoms with Crippen molar-refractivity contribution < 1.29 is 26.3 Å². The van der Waals surface area contributed by atoms with Crippen LogP contribution in [0, 0.1) is 43.4 Å². The molecule has 92 heavy (non-hydrogen) atoms. The summed E-state index contributed by atoms with van der Waals surface area (Å²) in [4.78, 5) is 0. The van der Waals surface area contributed by atoms with Gasteiger partial charge in [0.05, 0.1) is 101 Å². The molecule has 4 aromatic heterocycles. The number of hydrogen-bond acceptors (Lipinski definition) is 2. The molecular formula is C80H50F6N6. The molecule has 16 aromatic rings. The maximum absolute atomic E-state index is 14.9. The second-order valence-corrected chi connectivity index (χ2v) is 23.9. The number of aryl methyl sites for hydroxylation is 3. The number of hydrogen-bond donors (Lipinski definition) is 0. The van der Waals surface area contributed by atoms with E-state index < -0.39 is 23.5 Å². The van der Waals surface area contributed by atoms with Gasteiger partial charge in [0.15, 0.2) is 0 Å². The largest absolute Gasteiger partial charge is 0.416 e. The monoisotopic (exact) mass is 1210 g/mol. The topological polar surface area (TPSA) is 67.3 Å². The molecule has 0 amide bonds. The van der Waals surface area contributed by atoms with E-state index >= 15 is 0 Å². The zero-order chi connectivity index (χ0) is 63.1. The van der Waals surface area contributed by atoms with Gasteiger partial charge in [0.25, 0.3) is 0 Å². The highest BCUT2D eigenvalue weighted by molar-refractivity contribution is 6.15. The van der Waals surface area contributed by atoms with Crippen LogP contribution in [0.3, 0.4) is 0 Å². The van der Waals surface area contributed by atoms with Crippen LogP contribution in [0.4, 0.5) is 26.3 Å². The summed E-state index contributed by atoms with van der Waals surface area (Å²) in [6, 6.07) is 77.5. The SMILES string of the molecule is Cc1ccc2c(c1)c1ccccc1n2-c1cc(C#N)cc(-n2c3ccccc3c3cc(Cc4cc5c6ccccc6n(-c6cc(C#N)cc(-n7c8ccccc8c8ccc(C)cc87)c6-c6cccc(C(F)(F)F)c6)c5cc4C)ccc32)c1-c1cccc(C(F)(F)F)c1. The second kappa shape index (κ2) is 20.7. The van der Waals surface area contributed by atoms with Crippen molar-refractivity contribution >= 4 is 87.2 Å². The van der Waals surface area contributed by atoms with Crippen molar-refractivity contribution in [2.75, 3.05) is 0 Å². The molecule has 0 aliphatic rings. The Bertz CT molecular complexity index is 5910. The van der Waals surface area contributed by atoms with Crippen LogP contribution in [0.15, 0.2) is 237 Å². The van der Waals surface area contributed by atoms with Crippen LogP contribution in [0.25, 0.3) is 132 Å². The number of aromatic nitrogens is 4. The van der Waals surface area contributed by atoms with E-state index in [2.05, 4.69) is 85.9 Å². The molecule has 0 fully saturated rings. The molecule has 0 spiro atoms. The normalized spacial score (nSPS) is 12.2. The van der Waals surface area contributed by atoms with E-state index in [0.717, 1.165) is 127 Å². The van der Waals surface area contributed by atoms with Gasteiger partial charge in [-0.15, -0.1) is 0 Å². The van der Waals surface area contributed by atoms with Crippen LogP contribution in [0.5, 0.6) is 0 Å². The molecule has 0 aliphatic carbocycles. The van der Waals surface area contributed by atoms with Gasteiger partial charge in [-0.1, -0.05) is 127 Å². The predicted molar refractivity (Wildman–Crippen MR) is 358 cm³/mol. The Hall–Kier alpha value is -11.6. The highest BCUT2D eigenvalue weighted by atomic mass is 19.4. The van der Waals surface area contributed by atoms with Crippen molar-refractivity contribution in [3.8, 4) is 57.1 Å². The lowest BCUT2D eigenvalue weighted by Gasteiger charge is -2.22. The summed E-state index contributed by atoms with van der Waals surface area (Å²) < 4.78 is 97.5. The molecule has 0 atom stereocenters. The number of nitriles is 2. The lowest BCUT2D eigenvalue weighted by atomic mass is 9.96. The number of alkyl halides is 6. The van der Waals surface area contributed by atoms with Gasteiger partial charge in [-0.2, -0.15) is 36.9 Å². The molecule has 0 radical (unpaired) electrons. The molecule has 12 heteroatoms. The number of benzene rings is 12. The van der Waals surface area contributed by atoms with Crippen LogP contribution >= 0.6 is 0 Å². The lowest BCUT2D eigenvalue weighted by molar-refractivity contribution is -0.138. The van der Waals surface area contributed by atoms with Crippen LogP contribution in [-0.2, 0) is 18.8 Å². The molecule has 12 aromatic carbocycles. The van der Waals surface area contributed by atoms with Crippen molar-refractivity contribution in [1.29, 1.82) is 10.5 Å². The summed E-state index contributed by atoms with van der Waals surface area (Å²) in [6.07, 6.45) is -8.79. The molecule has 0 saturated heterocycles. The number of nitrogens with zero attached hydrogens (tertiary/aromatic N) is 6. The minimum atomic E-state index is -4.64. The average molecular weight is 1210 g/mol. The van der Waals surface area contributed by atoms with Gasteiger partial charge in [0.1, 0.15) is 0 Å². The van der Waals surface area contributed by atoms with Gasteiger partial charge in [-0.05, 0) is 176 Å². The van der Waals surface area contributed by atoms with Crippen molar-refractivity contribution in [2.45, 2.75) is 39.5 Å². The number of rotatable bonds is 8. The van der Waals surface area contributed by atoms with E-state index in [1.165, 1.54) is 24.3 Å². The van der Waals surface area contributed by atoms with Crippen molar-refractivity contribution in [3.63, 3.8) is 0 Å². The van der Waals surface area contributed by atoms with E-state index in [1.54, 1.807) is 36.4 Å². The summed E-state index contributed by atoms with van der Waals surface area (Å²) in [5.74, 6) is 0. The summed E-state index contributed by atoms with van der Waals surface area (Å²) >= 11 is 0. The fourth-order valence-electron chi connectivity index (χ4n) is 14.3. The summed E-state index contributed by atoms with van der Waals surface area (Å²) in [5, 5.41) is 29.3. The van der Waals surface area contributed by atoms with Crippen LogP contribution in [-0.4, -0.2) is 18.3 Å². The third-order valence-electron chi connectivity index (χ3n) is 18.3. The molecule has 4 heterocycles. The van der Waals surface area contributed by atoms with Gasteiger partial charge < -0.3 is 18.3 Å². The zero-order valence-corrected chi connectivity index (χ0v) is 49.7. The third-order valence-corrected chi connectivity index (χ3v) is 18.3. The third kappa shape index (κ3) is 8.77. The first-order valence-electron chi connectivity index (χ1n) is 30.1. The van der Waals surface area contributed by atoms with Crippen molar-refractivity contribution in [2.24, 2.45) is 0 Å². The summed E-state index contributed by atoms with van der Waals surface area (Å²) in [7, 11) is 0. The Kier molecular flexibility index (Phi) is 12.6. The molecule has 0 N–H and O–H groups in total. The number of para-hydroxylation sites is 4.